The van der Waals surface area contributed by atoms with Crippen LogP contribution in [0.25, 0.3) is 0 Å². The highest BCUT2D eigenvalue weighted by Crippen LogP contribution is 2.57. The minimum Gasteiger partial charge on any atom is -0.497 e. The number of rotatable bonds is 9. The van der Waals surface area contributed by atoms with Gasteiger partial charge in [0.25, 0.3) is 15.9 Å². The molecule has 6 rings (SSSR count). The number of halogens is 1. The van der Waals surface area contributed by atoms with Crippen LogP contribution in [0, 0.1) is 5.92 Å². The Morgan fingerprint density at radius 2 is 1.80 bits per heavy atom. The minimum atomic E-state index is -4.41. The van der Waals surface area contributed by atoms with Crippen molar-refractivity contribution in [2.45, 2.75) is 49.2 Å². The van der Waals surface area contributed by atoms with Gasteiger partial charge in [-0.25, -0.2) is 17.7 Å². The van der Waals surface area contributed by atoms with E-state index in [4.69, 9.17) is 31.2 Å². The Morgan fingerprint density at radius 3 is 2.44 bits per heavy atom. The van der Waals surface area contributed by atoms with Crippen LogP contribution in [0.4, 0.5) is 5.69 Å². The highest BCUT2D eigenvalue weighted by Gasteiger charge is 2.62. The van der Waals surface area contributed by atoms with Crippen molar-refractivity contribution in [1.29, 1.82) is 0 Å². The molecule has 0 radical (unpaired) electrons. The lowest BCUT2D eigenvalue weighted by Gasteiger charge is -2.41. The summed E-state index contributed by atoms with van der Waals surface area (Å²) in [5.74, 6) is 0.758. The number of carbonyl (C=O) groups is 1. The topological polar surface area (TPSA) is 128 Å². The van der Waals surface area contributed by atoms with Gasteiger partial charge in [0.15, 0.2) is 5.54 Å². The quantitative estimate of drug-likeness (QED) is 0.238. The average Bonchev–Trinajstić information content (AvgIpc) is 3.79. The summed E-state index contributed by atoms with van der Waals surface area (Å²) in [7, 11) is -1.39. The van der Waals surface area contributed by atoms with Crippen molar-refractivity contribution in [3.63, 3.8) is 0 Å². The van der Waals surface area contributed by atoms with E-state index in [9.17, 15) is 8.42 Å². The monoisotopic (exact) mass is 650 g/mol. The molecule has 3 atom stereocenters. The summed E-state index contributed by atoms with van der Waals surface area (Å²) in [5.41, 5.74) is 6.74. The molecule has 10 nitrogen and oxygen atoms in total. The molecule has 45 heavy (non-hydrogen) atoms. The number of ether oxygens (including phenoxy) is 2. The van der Waals surface area contributed by atoms with Crippen LogP contribution in [-0.4, -0.2) is 45.0 Å². The van der Waals surface area contributed by atoms with E-state index in [1.54, 1.807) is 36.5 Å². The van der Waals surface area contributed by atoms with Crippen LogP contribution < -0.4 is 19.5 Å². The van der Waals surface area contributed by atoms with Crippen LogP contribution in [0.5, 0.6) is 11.5 Å². The summed E-state index contributed by atoms with van der Waals surface area (Å²) in [6.45, 7) is 4.49. The molecule has 1 saturated heterocycles. The number of amides is 1. The summed E-state index contributed by atoms with van der Waals surface area (Å²) in [5, 5.41) is 0.346. The van der Waals surface area contributed by atoms with E-state index in [1.807, 2.05) is 36.9 Å². The third-order valence-corrected chi connectivity index (χ3v) is 10.7. The number of hydrogen-bond donors (Lipinski definition) is 1. The second kappa shape index (κ2) is 11.8. The standard InChI is InChI=1S/C33H35ClN4O6S/c1-20(2)30(35)21-7-13-25(29(18-21)43-4)33(37-16-5-6-28(37)31-36-15-17-44-31)26-19-22(34)8-14-27(26)38(32(33)39)45(40,41)24-11-9-23(42-3)10-12-24/h7-15,17-20,28,30H,5-6,16,35H2,1-4H3/t28-,30?,33?/m0/s1. The number of nitrogens with zero attached hydrogens (tertiary/aromatic N) is 3. The van der Waals surface area contributed by atoms with Gasteiger partial charge in [-0.3, -0.25) is 9.69 Å². The van der Waals surface area contributed by atoms with Crippen LogP contribution in [0.2, 0.25) is 5.02 Å². The zero-order valence-electron chi connectivity index (χ0n) is 25.4. The molecule has 236 valence electrons. The molecule has 1 fully saturated rings. The predicted octanol–water partition coefficient (Wildman–Crippen LogP) is 5.82. The van der Waals surface area contributed by atoms with Crippen molar-refractivity contribution < 1.29 is 27.1 Å². The molecule has 0 saturated carbocycles. The molecule has 2 N–H and O–H groups in total. The molecule has 12 heteroatoms. The molecule has 3 aromatic carbocycles. The molecule has 2 aliphatic heterocycles. The first-order chi connectivity index (χ1) is 21.5. The van der Waals surface area contributed by atoms with Crippen LogP contribution >= 0.6 is 11.6 Å². The van der Waals surface area contributed by atoms with Crippen LogP contribution in [0.3, 0.4) is 0 Å². The SMILES string of the molecule is COc1ccc(S(=O)(=O)N2C(=O)C(c3ccc(C(N)C(C)C)cc3OC)(N3CCC[C@H]3c3ncco3)c3cc(Cl)ccc32)cc1. The maximum absolute atomic E-state index is 15.3. The van der Waals surface area contributed by atoms with E-state index in [0.717, 1.165) is 9.87 Å². The van der Waals surface area contributed by atoms with Gasteiger partial charge in [-0.1, -0.05) is 37.6 Å². The zero-order chi connectivity index (χ0) is 32.1. The van der Waals surface area contributed by atoms with Crippen LogP contribution in [0.1, 0.15) is 61.4 Å². The molecule has 1 aromatic heterocycles. The summed E-state index contributed by atoms with van der Waals surface area (Å²) in [6.07, 6.45) is 4.39. The third kappa shape index (κ3) is 4.89. The maximum Gasteiger partial charge on any atom is 0.271 e. The van der Waals surface area contributed by atoms with Crippen molar-refractivity contribution in [3.8, 4) is 11.5 Å². The van der Waals surface area contributed by atoms with Crippen molar-refractivity contribution in [2.75, 3.05) is 25.1 Å². The second-order valence-corrected chi connectivity index (χ2v) is 13.8. The lowest BCUT2D eigenvalue weighted by Crippen LogP contribution is -2.54. The molecule has 1 amide bonds. The van der Waals surface area contributed by atoms with E-state index in [1.165, 1.54) is 32.6 Å². The first-order valence-electron chi connectivity index (χ1n) is 14.7. The van der Waals surface area contributed by atoms with Gasteiger partial charge in [0.2, 0.25) is 5.89 Å². The van der Waals surface area contributed by atoms with Gasteiger partial charge in [-0.2, -0.15) is 0 Å². The Balaban J connectivity index is 1.65. The van der Waals surface area contributed by atoms with Crippen molar-refractivity contribution in [2.24, 2.45) is 11.7 Å². The Hall–Kier alpha value is -3.90. The molecule has 3 heterocycles. The van der Waals surface area contributed by atoms with Gasteiger partial charge < -0.3 is 19.6 Å². The first kappa shape index (κ1) is 31.1. The summed E-state index contributed by atoms with van der Waals surface area (Å²) in [4.78, 5) is 21.7. The fourth-order valence-electron chi connectivity index (χ4n) is 6.55. The number of likely N-dealkylation sites (tertiary alicyclic amines) is 1. The normalized spacial score (nSPS) is 20.9. The Labute approximate surface area is 267 Å². The van der Waals surface area contributed by atoms with E-state index in [2.05, 4.69) is 4.98 Å². The number of fused-ring (bicyclic) bond motifs is 1. The Morgan fingerprint density at radius 1 is 1.04 bits per heavy atom. The number of hydrogen-bond acceptors (Lipinski definition) is 9. The summed E-state index contributed by atoms with van der Waals surface area (Å²) < 4.78 is 46.8. The molecular weight excluding hydrogens is 616 g/mol. The van der Waals surface area contributed by atoms with Gasteiger partial charge in [0, 0.05) is 28.7 Å². The fraction of sp³-hybridized carbons (Fsp3) is 0.333. The number of aromatic nitrogens is 1. The number of anilines is 1. The molecular formula is C33H35ClN4O6S. The lowest BCUT2D eigenvalue weighted by molar-refractivity contribution is -0.127. The summed E-state index contributed by atoms with van der Waals surface area (Å²) in [6, 6.07) is 15.5. The Kier molecular flexibility index (Phi) is 8.15. The van der Waals surface area contributed by atoms with Gasteiger partial charge >= 0.3 is 0 Å². The van der Waals surface area contributed by atoms with Crippen LogP contribution in [0.15, 0.2) is 82.4 Å². The number of oxazole rings is 1. The van der Waals surface area contributed by atoms with Gasteiger partial charge in [-0.05, 0) is 72.9 Å². The molecule has 4 aromatic rings. The number of methoxy groups -OCH3 is 2. The van der Waals surface area contributed by atoms with E-state index in [-0.39, 0.29) is 22.5 Å². The fourth-order valence-corrected chi connectivity index (χ4v) is 8.19. The zero-order valence-corrected chi connectivity index (χ0v) is 27.0. The molecule has 2 unspecified atom stereocenters. The number of sulfonamides is 1. The smallest absolute Gasteiger partial charge is 0.271 e. The number of nitrogens with two attached hydrogens (primary N) is 1. The van der Waals surface area contributed by atoms with E-state index < -0.39 is 27.5 Å². The van der Waals surface area contributed by atoms with Crippen molar-refractivity contribution in [1.82, 2.24) is 9.88 Å². The average molecular weight is 651 g/mol. The van der Waals surface area contributed by atoms with E-state index >= 15 is 4.79 Å². The van der Waals surface area contributed by atoms with Gasteiger partial charge in [0.1, 0.15) is 17.8 Å². The van der Waals surface area contributed by atoms with Crippen molar-refractivity contribution in [3.05, 3.63) is 101 Å². The molecule has 2 aliphatic rings. The minimum absolute atomic E-state index is 0.0655. The predicted molar refractivity (Wildman–Crippen MR) is 170 cm³/mol. The highest BCUT2D eigenvalue weighted by molar-refractivity contribution is 7.93. The first-order valence-corrected chi connectivity index (χ1v) is 16.5. The summed E-state index contributed by atoms with van der Waals surface area (Å²) >= 11 is 6.63. The number of carbonyl (C=O) groups excluding carboxylic acids is 1. The molecule has 0 aliphatic carbocycles. The molecule has 0 bridgehead atoms. The third-order valence-electron chi connectivity index (χ3n) is 8.80. The van der Waals surface area contributed by atoms with Crippen molar-refractivity contribution >= 4 is 33.2 Å². The van der Waals surface area contributed by atoms with Gasteiger partial charge in [0.05, 0.1) is 37.0 Å². The maximum atomic E-state index is 15.3. The number of benzene rings is 3. The highest BCUT2D eigenvalue weighted by atomic mass is 35.5. The van der Waals surface area contributed by atoms with Crippen LogP contribution in [-0.2, 0) is 20.4 Å². The second-order valence-electron chi connectivity index (χ2n) is 11.6. The van der Waals surface area contributed by atoms with E-state index in [0.29, 0.717) is 52.9 Å². The van der Waals surface area contributed by atoms with Gasteiger partial charge in [-0.15, -0.1) is 0 Å². The molecule has 0 spiro atoms. The lowest BCUT2D eigenvalue weighted by atomic mass is 9.80. The largest absolute Gasteiger partial charge is 0.497 e. The Bertz CT molecular complexity index is 1830.